The van der Waals surface area contributed by atoms with E-state index in [-0.39, 0.29) is 18.3 Å². The molecule has 1 saturated heterocycles. The number of benzene rings is 2. The second-order valence-corrected chi connectivity index (χ2v) is 12.2. The minimum atomic E-state index is -4.27. The van der Waals surface area contributed by atoms with E-state index in [1.807, 2.05) is 18.2 Å². The minimum Gasteiger partial charge on any atom is -0.462 e. The molecule has 210 valence electrons. The Morgan fingerprint density at radius 3 is 2.62 bits per heavy atom. The van der Waals surface area contributed by atoms with Crippen LogP contribution in [0.4, 0.5) is 5.95 Å². The summed E-state index contributed by atoms with van der Waals surface area (Å²) in [6, 6.07) is 11.4. The summed E-state index contributed by atoms with van der Waals surface area (Å²) in [7, 11) is -4.27. The van der Waals surface area contributed by atoms with Crippen LogP contribution in [0, 0.1) is 0 Å². The molecule has 39 heavy (non-hydrogen) atoms. The van der Waals surface area contributed by atoms with Gasteiger partial charge in [0.1, 0.15) is 29.6 Å². The van der Waals surface area contributed by atoms with Gasteiger partial charge in [-0.15, -0.1) is 11.8 Å². The third-order valence-corrected chi connectivity index (χ3v) is 8.97. The Labute approximate surface area is 228 Å². The highest BCUT2D eigenvalue weighted by atomic mass is 32.2. The first-order chi connectivity index (χ1) is 18.5. The van der Waals surface area contributed by atoms with Crippen LogP contribution in [0.5, 0.6) is 5.75 Å². The lowest BCUT2D eigenvalue weighted by Gasteiger charge is -2.25. The van der Waals surface area contributed by atoms with E-state index < -0.39 is 54.4 Å². The van der Waals surface area contributed by atoms with Gasteiger partial charge in [-0.3, -0.25) is 13.9 Å². The predicted octanol–water partition coefficient (Wildman–Crippen LogP) is 1.84. The fourth-order valence-corrected chi connectivity index (χ4v) is 6.98. The average Bonchev–Trinajstić information content (AvgIpc) is 3.16. The summed E-state index contributed by atoms with van der Waals surface area (Å²) in [5.41, 5.74) is 4.68. The van der Waals surface area contributed by atoms with Gasteiger partial charge < -0.3 is 25.2 Å². The van der Waals surface area contributed by atoms with Crippen molar-refractivity contribution in [2.75, 3.05) is 12.3 Å². The molecular formula is C24H30N5O8PS. The number of aromatic nitrogens is 3. The normalized spacial score (nSPS) is 23.4. The van der Waals surface area contributed by atoms with Crippen molar-refractivity contribution in [1.29, 1.82) is 0 Å². The summed E-state index contributed by atoms with van der Waals surface area (Å²) < 4.78 is 31.9. The number of carbonyl (C=O) groups excluding carboxylic acids is 1. The van der Waals surface area contributed by atoms with Gasteiger partial charge in [0.25, 0.3) is 0 Å². The van der Waals surface area contributed by atoms with Gasteiger partial charge in [0, 0.05) is 5.39 Å². The van der Waals surface area contributed by atoms with Crippen LogP contribution in [0.2, 0.25) is 0 Å². The third-order valence-electron chi connectivity index (χ3n) is 5.79. The van der Waals surface area contributed by atoms with E-state index in [9.17, 15) is 24.4 Å². The van der Waals surface area contributed by atoms with Crippen molar-refractivity contribution in [2.45, 2.75) is 55.7 Å². The molecule has 0 spiro atoms. The van der Waals surface area contributed by atoms with Crippen LogP contribution in [-0.4, -0.2) is 66.9 Å². The van der Waals surface area contributed by atoms with E-state index in [4.69, 9.17) is 19.5 Å². The number of anilines is 1. The van der Waals surface area contributed by atoms with Crippen LogP contribution in [0.3, 0.4) is 0 Å². The average molecular weight is 580 g/mol. The first-order valence-corrected chi connectivity index (χ1v) is 14.6. The van der Waals surface area contributed by atoms with Crippen molar-refractivity contribution in [2.24, 2.45) is 0 Å². The highest BCUT2D eigenvalue weighted by Crippen LogP contribution is 2.49. The molecule has 0 saturated carbocycles. The fraction of sp³-hybridized carbons (Fsp3) is 0.417. The van der Waals surface area contributed by atoms with Gasteiger partial charge in [-0.2, -0.15) is 10.1 Å². The van der Waals surface area contributed by atoms with Gasteiger partial charge in [-0.1, -0.05) is 36.4 Å². The molecule has 0 aliphatic carbocycles. The number of aliphatic hydroxyl groups excluding tert-OH is 2. The number of nitrogens with one attached hydrogen (secondary N) is 1. The van der Waals surface area contributed by atoms with Crippen LogP contribution in [0.1, 0.15) is 26.1 Å². The Morgan fingerprint density at radius 1 is 1.18 bits per heavy atom. The molecular weight excluding hydrogens is 549 g/mol. The monoisotopic (exact) mass is 579 g/mol. The summed E-state index contributed by atoms with van der Waals surface area (Å²) >= 11 is 1.00. The van der Waals surface area contributed by atoms with Gasteiger partial charge in [-0.25, -0.2) is 14.3 Å². The topological polar surface area (TPSA) is 188 Å². The number of hydrogen-bond donors (Lipinski definition) is 4. The van der Waals surface area contributed by atoms with Crippen LogP contribution >= 0.6 is 19.5 Å². The SMILES string of the molecule is CC(C)OC(=O)[C@H](C)NP(=O)(OC[C@H]1S[C@@H](n2cnc(N)nc2=O)[C@@H](O)[C@H]1O)Oc1cccc2ccccc12. The number of thioether (sulfide) groups is 1. The lowest BCUT2D eigenvalue weighted by molar-refractivity contribution is -0.149. The van der Waals surface area contributed by atoms with Gasteiger partial charge in [0.2, 0.25) is 5.95 Å². The number of esters is 1. The van der Waals surface area contributed by atoms with E-state index in [0.717, 1.165) is 28.0 Å². The summed E-state index contributed by atoms with van der Waals surface area (Å²) in [5, 5.41) is 23.6. The molecule has 0 bridgehead atoms. The first-order valence-electron chi connectivity index (χ1n) is 12.1. The summed E-state index contributed by atoms with van der Waals surface area (Å²) in [4.78, 5) is 32.0. The van der Waals surface area contributed by atoms with Crippen molar-refractivity contribution < 1.29 is 33.4 Å². The number of nitrogens with zero attached hydrogens (tertiary/aromatic N) is 3. The lowest BCUT2D eigenvalue weighted by Crippen LogP contribution is -2.38. The highest BCUT2D eigenvalue weighted by molar-refractivity contribution is 8.00. The molecule has 5 N–H and O–H groups in total. The molecule has 6 atom stereocenters. The summed E-state index contributed by atoms with van der Waals surface area (Å²) in [5.74, 6) is -0.641. The number of fused-ring (bicyclic) bond motifs is 1. The molecule has 1 unspecified atom stereocenters. The van der Waals surface area contributed by atoms with Crippen molar-refractivity contribution in [3.8, 4) is 5.75 Å². The molecule has 1 fully saturated rings. The summed E-state index contributed by atoms with van der Waals surface area (Å²) in [6.45, 7) is 4.46. The predicted molar refractivity (Wildman–Crippen MR) is 145 cm³/mol. The van der Waals surface area contributed by atoms with Crippen molar-refractivity contribution >= 4 is 42.2 Å². The Hall–Kier alpha value is -3.00. The maximum Gasteiger partial charge on any atom is 0.459 e. The molecule has 0 amide bonds. The maximum absolute atomic E-state index is 14.0. The van der Waals surface area contributed by atoms with E-state index in [0.29, 0.717) is 5.39 Å². The van der Waals surface area contributed by atoms with E-state index in [1.165, 1.54) is 6.92 Å². The zero-order valence-electron chi connectivity index (χ0n) is 21.4. The van der Waals surface area contributed by atoms with Gasteiger partial charge in [0.05, 0.1) is 24.1 Å². The number of ether oxygens (including phenoxy) is 1. The Bertz CT molecular complexity index is 1430. The molecule has 15 heteroatoms. The minimum absolute atomic E-state index is 0.225. The van der Waals surface area contributed by atoms with Crippen LogP contribution in [0.15, 0.2) is 53.6 Å². The second kappa shape index (κ2) is 12.0. The molecule has 13 nitrogen and oxygen atoms in total. The molecule has 4 rings (SSSR count). The van der Waals surface area contributed by atoms with Crippen molar-refractivity contribution in [3.05, 3.63) is 59.3 Å². The van der Waals surface area contributed by atoms with Gasteiger partial charge in [0.15, 0.2) is 0 Å². The van der Waals surface area contributed by atoms with Crippen LogP contribution in [0.25, 0.3) is 10.8 Å². The van der Waals surface area contributed by atoms with E-state index >= 15 is 0 Å². The Morgan fingerprint density at radius 2 is 1.90 bits per heavy atom. The summed E-state index contributed by atoms with van der Waals surface area (Å²) in [6.07, 6.45) is -2.02. The second-order valence-electron chi connectivity index (χ2n) is 9.15. The first kappa shape index (κ1) is 29.0. The molecule has 2 aromatic carbocycles. The third kappa shape index (κ3) is 6.78. The van der Waals surface area contributed by atoms with Crippen LogP contribution < -0.4 is 21.0 Å². The Kier molecular flexibility index (Phi) is 8.94. The fourth-order valence-electron chi connectivity index (χ4n) is 3.92. The van der Waals surface area contributed by atoms with Crippen molar-refractivity contribution in [1.82, 2.24) is 19.6 Å². The number of hydrogen-bond acceptors (Lipinski definition) is 12. The maximum atomic E-state index is 14.0. The van der Waals surface area contributed by atoms with Crippen molar-refractivity contribution in [3.63, 3.8) is 0 Å². The molecule has 1 aliphatic rings. The van der Waals surface area contributed by atoms with Gasteiger partial charge in [-0.05, 0) is 32.2 Å². The Balaban J connectivity index is 1.56. The standard InChI is InChI=1S/C24H30N5O8PS/c1-13(2)36-22(32)14(3)28-38(34,37-17-10-6-8-15-7-4-5-9-16(15)17)35-11-18-19(30)20(31)21(39-18)29-12-26-23(25)27-24(29)33/h4-10,12-14,18-21,30-31H,11H2,1-3H3,(H,28,34)(H2,25,27,33)/t14-,18+,19-,20-,21+,38?/m0/s1. The molecule has 3 aromatic rings. The number of carbonyl (C=O) groups is 1. The number of aliphatic hydroxyl groups is 2. The zero-order valence-corrected chi connectivity index (χ0v) is 23.1. The van der Waals surface area contributed by atoms with Crippen LogP contribution in [-0.2, 0) is 18.6 Å². The van der Waals surface area contributed by atoms with Gasteiger partial charge >= 0.3 is 19.4 Å². The smallest absolute Gasteiger partial charge is 0.459 e. The lowest BCUT2D eigenvalue weighted by atomic mass is 10.1. The number of nitrogens with two attached hydrogens (primary N) is 1. The van der Waals surface area contributed by atoms with E-state index in [2.05, 4.69) is 15.1 Å². The number of rotatable bonds is 10. The largest absolute Gasteiger partial charge is 0.462 e. The molecule has 2 heterocycles. The quantitative estimate of drug-likeness (QED) is 0.201. The number of nitrogen functional groups attached to an aromatic ring is 1. The van der Waals surface area contributed by atoms with E-state index in [1.54, 1.807) is 38.1 Å². The molecule has 0 radical (unpaired) electrons. The zero-order chi connectivity index (χ0) is 28.3. The highest BCUT2D eigenvalue weighted by Gasteiger charge is 2.45. The molecule has 1 aromatic heterocycles. The molecule has 1 aliphatic heterocycles.